The zero-order valence-electron chi connectivity index (χ0n) is 12.3. The quantitative estimate of drug-likeness (QED) is 0.416. The van der Waals surface area contributed by atoms with Crippen LogP contribution in [0.1, 0.15) is 44.0 Å². The normalized spacial score (nSPS) is 12.4. The summed E-state index contributed by atoms with van der Waals surface area (Å²) < 4.78 is 0. The first-order valence-corrected chi connectivity index (χ1v) is 7.05. The predicted molar refractivity (Wildman–Crippen MR) is 79.0 cm³/mol. The first-order chi connectivity index (χ1) is 9.53. The summed E-state index contributed by atoms with van der Waals surface area (Å²) in [7, 11) is 0. The van der Waals surface area contributed by atoms with E-state index in [0.717, 1.165) is 19.5 Å². The Hall–Kier alpha value is -1.75. The van der Waals surface area contributed by atoms with E-state index in [4.69, 9.17) is 0 Å². The summed E-state index contributed by atoms with van der Waals surface area (Å²) in [4.78, 5) is 24.6. The summed E-state index contributed by atoms with van der Waals surface area (Å²) in [6.07, 6.45) is 1.37. The number of Topliss-reactive ketones (excluding diaryl/α,β-unsaturated/α-hetero) is 1. The maximum atomic E-state index is 12.2. The summed E-state index contributed by atoms with van der Waals surface area (Å²) >= 11 is 0. The molecule has 0 amide bonds. The van der Waals surface area contributed by atoms with E-state index >= 15 is 0 Å². The lowest BCUT2D eigenvalue weighted by atomic mass is 10.0. The van der Waals surface area contributed by atoms with Gasteiger partial charge in [-0.05, 0) is 31.6 Å². The highest BCUT2D eigenvalue weighted by Crippen LogP contribution is 2.16. The fourth-order valence-electron chi connectivity index (χ4n) is 2.37. The highest BCUT2D eigenvalue weighted by Gasteiger charge is 2.19. The van der Waals surface area contributed by atoms with Crippen LogP contribution < -0.4 is 0 Å². The van der Waals surface area contributed by atoms with Crippen molar-refractivity contribution in [1.82, 2.24) is 4.90 Å². The number of rotatable bonds is 8. The molecule has 1 atom stereocenters. The fourth-order valence-corrected chi connectivity index (χ4v) is 2.37. The van der Waals surface area contributed by atoms with E-state index in [1.54, 1.807) is 0 Å². The van der Waals surface area contributed by atoms with E-state index in [0.29, 0.717) is 12.0 Å². The third kappa shape index (κ3) is 4.13. The van der Waals surface area contributed by atoms with Crippen molar-refractivity contribution in [2.24, 2.45) is 0 Å². The number of carbonyl (C=O) groups is 1. The maximum Gasteiger partial charge on any atom is 0.269 e. The Morgan fingerprint density at radius 2 is 1.75 bits per heavy atom. The molecule has 0 radical (unpaired) electrons. The van der Waals surface area contributed by atoms with Gasteiger partial charge in [-0.1, -0.05) is 20.8 Å². The van der Waals surface area contributed by atoms with Gasteiger partial charge in [0.05, 0.1) is 4.92 Å². The Bertz CT molecular complexity index is 453. The number of carbonyl (C=O) groups excluding carboxylic acids is 1. The van der Waals surface area contributed by atoms with Crippen molar-refractivity contribution in [2.75, 3.05) is 13.1 Å². The highest BCUT2D eigenvalue weighted by molar-refractivity contribution is 5.96. The van der Waals surface area contributed by atoms with Gasteiger partial charge in [0.15, 0.2) is 5.78 Å². The number of nitro groups is 1. The van der Waals surface area contributed by atoms with Crippen LogP contribution in [-0.4, -0.2) is 34.7 Å². The van der Waals surface area contributed by atoms with E-state index in [1.165, 1.54) is 24.3 Å². The van der Waals surface area contributed by atoms with Gasteiger partial charge in [0.2, 0.25) is 0 Å². The molecule has 0 unspecified atom stereocenters. The van der Waals surface area contributed by atoms with Crippen LogP contribution in [0.25, 0.3) is 0 Å². The van der Waals surface area contributed by atoms with Gasteiger partial charge in [-0.2, -0.15) is 0 Å². The standard InChI is InChI=1S/C15H22N2O3/c1-4-13(16(5-2)6-3)11-15(18)12-7-9-14(10-8-12)17(19)20/h7-10,13H,4-6,11H2,1-3H3/t13-/m0/s1. The number of benzene rings is 1. The van der Waals surface area contributed by atoms with Crippen LogP contribution in [0.5, 0.6) is 0 Å². The smallest absolute Gasteiger partial charge is 0.269 e. The van der Waals surface area contributed by atoms with E-state index < -0.39 is 4.92 Å². The van der Waals surface area contributed by atoms with E-state index in [9.17, 15) is 14.9 Å². The second-order valence-electron chi connectivity index (χ2n) is 4.71. The maximum absolute atomic E-state index is 12.2. The zero-order chi connectivity index (χ0) is 15.1. The van der Waals surface area contributed by atoms with Crippen LogP contribution >= 0.6 is 0 Å². The van der Waals surface area contributed by atoms with E-state index in [2.05, 4.69) is 25.7 Å². The number of hydrogen-bond acceptors (Lipinski definition) is 4. The average molecular weight is 278 g/mol. The molecule has 1 aromatic carbocycles. The molecule has 0 aliphatic heterocycles. The highest BCUT2D eigenvalue weighted by atomic mass is 16.6. The van der Waals surface area contributed by atoms with Gasteiger partial charge < -0.3 is 4.90 Å². The molecule has 110 valence electrons. The Labute approximate surface area is 119 Å². The molecule has 1 aromatic rings. The summed E-state index contributed by atoms with van der Waals surface area (Å²) in [6.45, 7) is 8.09. The van der Waals surface area contributed by atoms with Gasteiger partial charge >= 0.3 is 0 Å². The van der Waals surface area contributed by atoms with Gasteiger partial charge in [-0.3, -0.25) is 14.9 Å². The lowest BCUT2D eigenvalue weighted by molar-refractivity contribution is -0.384. The van der Waals surface area contributed by atoms with Gasteiger partial charge in [0, 0.05) is 30.2 Å². The molecule has 5 nitrogen and oxygen atoms in total. The number of nitro benzene ring substituents is 1. The van der Waals surface area contributed by atoms with Crippen molar-refractivity contribution in [3.05, 3.63) is 39.9 Å². The molecule has 0 N–H and O–H groups in total. The second kappa shape index (κ2) is 7.75. The molecule has 20 heavy (non-hydrogen) atoms. The lowest BCUT2D eigenvalue weighted by Gasteiger charge is -2.28. The molecule has 0 saturated heterocycles. The first kappa shape index (κ1) is 16.3. The number of hydrogen-bond donors (Lipinski definition) is 0. The minimum Gasteiger partial charge on any atom is -0.300 e. The molecule has 5 heteroatoms. The number of ketones is 1. The molecule has 0 bridgehead atoms. The van der Waals surface area contributed by atoms with Crippen LogP contribution in [0.4, 0.5) is 5.69 Å². The Kier molecular flexibility index (Phi) is 6.31. The van der Waals surface area contributed by atoms with Gasteiger partial charge in [0.25, 0.3) is 5.69 Å². The number of nitrogens with zero attached hydrogens (tertiary/aromatic N) is 2. The van der Waals surface area contributed by atoms with Gasteiger partial charge in [-0.25, -0.2) is 0 Å². The molecule has 1 rings (SSSR count). The van der Waals surface area contributed by atoms with Crippen LogP contribution in [0.2, 0.25) is 0 Å². The summed E-state index contributed by atoms with van der Waals surface area (Å²) in [6, 6.07) is 6.06. The fraction of sp³-hybridized carbons (Fsp3) is 0.533. The van der Waals surface area contributed by atoms with Crippen molar-refractivity contribution in [2.45, 2.75) is 39.7 Å². The van der Waals surface area contributed by atoms with Gasteiger partial charge in [0.1, 0.15) is 0 Å². The first-order valence-electron chi connectivity index (χ1n) is 7.05. The van der Waals surface area contributed by atoms with Crippen molar-refractivity contribution in [3.8, 4) is 0 Å². The van der Waals surface area contributed by atoms with Crippen LogP contribution in [0.3, 0.4) is 0 Å². The van der Waals surface area contributed by atoms with Crippen molar-refractivity contribution >= 4 is 11.5 Å². The zero-order valence-corrected chi connectivity index (χ0v) is 12.3. The molecule has 0 saturated carbocycles. The minimum atomic E-state index is -0.459. The third-order valence-corrected chi connectivity index (χ3v) is 3.62. The molecule has 0 aliphatic rings. The summed E-state index contributed by atoms with van der Waals surface area (Å²) in [5.74, 6) is 0.0404. The molecule has 0 aromatic heterocycles. The molecule has 0 spiro atoms. The average Bonchev–Trinajstić information content (AvgIpc) is 2.47. The monoisotopic (exact) mass is 278 g/mol. The third-order valence-electron chi connectivity index (χ3n) is 3.62. The molecule has 0 heterocycles. The predicted octanol–water partition coefficient (Wildman–Crippen LogP) is 3.29. The largest absolute Gasteiger partial charge is 0.300 e. The van der Waals surface area contributed by atoms with Gasteiger partial charge in [-0.15, -0.1) is 0 Å². The molecular formula is C15H22N2O3. The van der Waals surface area contributed by atoms with Crippen LogP contribution in [0.15, 0.2) is 24.3 Å². The Balaban J connectivity index is 2.76. The molecule has 0 aliphatic carbocycles. The SMILES string of the molecule is CC[C@@H](CC(=O)c1ccc([N+](=O)[O-])cc1)N(CC)CC. The Morgan fingerprint density at radius 1 is 1.20 bits per heavy atom. The van der Waals surface area contributed by atoms with Crippen molar-refractivity contribution in [3.63, 3.8) is 0 Å². The van der Waals surface area contributed by atoms with E-state index in [1.807, 2.05) is 0 Å². The molecule has 0 fully saturated rings. The van der Waals surface area contributed by atoms with Crippen molar-refractivity contribution < 1.29 is 9.72 Å². The Morgan fingerprint density at radius 3 is 2.15 bits per heavy atom. The molecular weight excluding hydrogens is 256 g/mol. The topological polar surface area (TPSA) is 63.4 Å². The number of non-ortho nitro benzene ring substituents is 1. The van der Waals surface area contributed by atoms with E-state index in [-0.39, 0.29) is 17.5 Å². The summed E-state index contributed by atoms with van der Waals surface area (Å²) in [5, 5.41) is 10.6. The second-order valence-corrected chi connectivity index (χ2v) is 4.71. The van der Waals surface area contributed by atoms with Crippen LogP contribution in [-0.2, 0) is 0 Å². The van der Waals surface area contributed by atoms with Crippen molar-refractivity contribution in [1.29, 1.82) is 0 Å². The minimum absolute atomic E-state index is 0.0114. The summed E-state index contributed by atoms with van der Waals surface area (Å²) in [5.41, 5.74) is 0.554. The van der Waals surface area contributed by atoms with Crippen LogP contribution in [0, 0.1) is 10.1 Å². The lowest BCUT2D eigenvalue weighted by Crippen LogP contribution is -2.36.